The smallest absolute Gasteiger partial charge is 0.0250 e. The standard InChI is InChI=1S/C14H25N3/c1-3-13-11(5-9-16(13)7-1)15-12-6-10-17-8-2-4-14(12)17/h11-15H,1-10H2. The van der Waals surface area contributed by atoms with Gasteiger partial charge < -0.3 is 5.32 Å². The van der Waals surface area contributed by atoms with Gasteiger partial charge in [-0.2, -0.15) is 0 Å². The summed E-state index contributed by atoms with van der Waals surface area (Å²) in [4.78, 5) is 5.44. The summed E-state index contributed by atoms with van der Waals surface area (Å²) in [7, 11) is 0. The van der Waals surface area contributed by atoms with Crippen molar-refractivity contribution in [3.63, 3.8) is 0 Å². The van der Waals surface area contributed by atoms with Crippen LogP contribution in [0.4, 0.5) is 0 Å². The van der Waals surface area contributed by atoms with Gasteiger partial charge in [0.05, 0.1) is 0 Å². The highest BCUT2D eigenvalue weighted by atomic mass is 15.3. The van der Waals surface area contributed by atoms with E-state index in [1.807, 2.05) is 0 Å². The van der Waals surface area contributed by atoms with Crippen molar-refractivity contribution in [2.75, 3.05) is 26.2 Å². The molecule has 0 spiro atoms. The molecule has 4 rings (SSSR count). The summed E-state index contributed by atoms with van der Waals surface area (Å²) in [6.07, 6.45) is 8.55. The Balaban J connectivity index is 1.41. The van der Waals surface area contributed by atoms with Crippen LogP contribution in [0.3, 0.4) is 0 Å². The number of fused-ring (bicyclic) bond motifs is 2. The van der Waals surface area contributed by atoms with E-state index in [1.54, 1.807) is 0 Å². The van der Waals surface area contributed by atoms with Gasteiger partial charge in [-0.3, -0.25) is 9.80 Å². The van der Waals surface area contributed by atoms with Crippen molar-refractivity contribution in [1.29, 1.82) is 0 Å². The second-order valence-corrected chi connectivity index (χ2v) is 6.45. The van der Waals surface area contributed by atoms with E-state index in [9.17, 15) is 0 Å². The molecule has 4 fully saturated rings. The zero-order chi connectivity index (χ0) is 11.2. The normalized spacial score (nSPS) is 46.6. The van der Waals surface area contributed by atoms with Crippen LogP contribution in [0.5, 0.6) is 0 Å². The third-order valence-electron chi connectivity index (χ3n) is 5.64. The molecule has 17 heavy (non-hydrogen) atoms. The topological polar surface area (TPSA) is 18.5 Å². The van der Waals surface area contributed by atoms with Crippen LogP contribution in [0.15, 0.2) is 0 Å². The van der Waals surface area contributed by atoms with Crippen LogP contribution in [0.25, 0.3) is 0 Å². The SMILES string of the molecule is C1CC2C(NC3CCN4CCCC34)CCN2C1. The maximum Gasteiger partial charge on any atom is 0.0250 e. The third kappa shape index (κ3) is 1.74. The lowest BCUT2D eigenvalue weighted by Gasteiger charge is -2.28. The van der Waals surface area contributed by atoms with Crippen molar-refractivity contribution >= 4 is 0 Å². The summed E-state index contributed by atoms with van der Waals surface area (Å²) in [6, 6.07) is 3.38. The molecule has 96 valence electrons. The summed E-state index contributed by atoms with van der Waals surface area (Å²) in [5, 5.41) is 4.04. The summed E-state index contributed by atoms with van der Waals surface area (Å²) < 4.78 is 0. The van der Waals surface area contributed by atoms with E-state index >= 15 is 0 Å². The zero-order valence-electron chi connectivity index (χ0n) is 10.8. The molecule has 3 nitrogen and oxygen atoms in total. The minimum absolute atomic E-state index is 0.808. The molecule has 4 aliphatic heterocycles. The summed E-state index contributed by atoms with van der Waals surface area (Å²) >= 11 is 0. The Morgan fingerprint density at radius 3 is 1.71 bits per heavy atom. The molecule has 0 amide bonds. The van der Waals surface area contributed by atoms with Gasteiger partial charge in [0.25, 0.3) is 0 Å². The molecule has 0 saturated carbocycles. The van der Waals surface area contributed by atoms with Gasteiger partial charge in [-0.1, -0.05) is 0 Å². The van der Waals surface area contributed by atoms with E-state index in [0.717, 1.165) is 24.2 Å². The molecule has 0 aromatic heterocycles. The first-order valence-corrected chi connectivity index (χ1v) is 7.66. The van der Waals surface area contributed by atoms with Gasteiger partial charge >= 0.3 is 0 Å². The number of nitrogens with one attached hydrogen (secondary N) is 1. The molecule has 0 radical (unpaired) electrons. The Hall–Kier alpha value is -0.120. The first-order chi connectivity index (χ1) is 8.42. The van der Waals surface area contributed by atoms with Crippen LogP contribution in [0, 0.1) is 0 Å². The highest BCUT2D eigenvalue weighted by molar-refractivity contribution is 5.02. The quantitative estimate of drug-likeness (QED) is 0.772. The van der Waals surface area contributed by atoms with Crippen molar-refractivity contribution in [3.05, 3.63) is 0 Å². The minimum atomic E-state index is 0.808. The molecular weight excluding hydrogens is 210 g/mol. The lowest BCUT2D eigenvalue weighted by Crippen LogP contribution is -2.48. The number of rotatable bonds is 2. The Morgan fingerprint density at radius 2 is 1.18 bits per heavy atom. The lowest BCUT2D eigenvalue weighted by molar-refractivity contribution is 0.261. The molecule has 1 N–H and O–H groups in total. The van der Waals surface area contributed by atoms with Crippen molar-refractivity contribution in [3.8, 4) is 0 Å². The van der Waals surface area contributed by atoms with Crippen LogP contribution in [0.1, 0.15) is 38.5 Å². The maximum atomic E-state index is 4.04. The van der Waals surface area contributed by atoms with Gasteiger partial charge in [-0.25, -0.2) is 0 Å². The van der Waals surface area contributed by atoms with E-state index in [4.69, 9.17) is 0 Å². The number of nitrogens with zero attached hydrogens (tertiary/aromatic N) is 2. The van der Waals surface area contributed by atoms with Gasteiger partial charge in [0.1, 0.15) is 0 Å². The summed E-state index contributed by atoms with van der Waals surface area (Å²) in [6.45, 7) is 5.43. The molecule has 4 aliphatic rings. The zero-order valence-corrected chi connectivity index (χ0v) is 10.8. The van der Waals surface area contributed by atoms with E-state index in [0.29, 0.717) is 0 Å². The van der Waals surface area contributed by atoms with Crippen LogP contribution in [-0.2, 0) is 0 Å². The number of hydrogen-bond donors (Lipinski definition) is 1. The third-order valence-corrected chi connectivity index (χ3v) is 5.64. The lowest BCUT2D eigenvalue weighted by atomic mass is 10.0. The molecule has 4 atom stereocenters. The van der Waals surface area contributed by atoms with Gasteiger partial charge in [0.2, 0.25) is 0 Å². The molecule has 0 aliphatic carbocycles. The molecule has 0 aromatic rings. The Morgan fingerprint density at radius 1 is 0.647 bits per heavy atom. The molecular formula is C14H25N3. The summed E-state index contributed by atoms with van der Waals surface area (Å²) in [5.41, 5.74) is 0. The van der Waals surface area contributed by atoms with Crippen molar-refractivity contribution < 1.29 is 0 Å². The molecule has 0 bridgehead atoms. The molecule has 4 saturated heterocycles. The summed E-state index contributed by atoms with van der Waals surface area (Å²) in [5.74, 6) is 0. The van der Waals surface area contributed by atoms with Crippen LogP contribution in [-0.4, -0.2) is 60.1 Å². The Labute approximate surface area is 105 Å². The maximum absolute atomic E-state index is 4.04. The Bertz CT molecular complexity index is 265. The fraction of sp³-hybridized carbons (Fsp3) is 1.00. The van der Waals surface area contributed by atoms with Crippen molar-refractivity contribution in [2.45, 2.75) is 62.7 Å². The van der Waals surface area contributed by atoms with E-state index in [-0.39, 0.29) is 0 Å². The molecule has 4 unspecified atom stereocenters. The van der Waals surface area contributed by atoms with E-state index < -0.39 is 0 Å². The van der Waals surface area contributed by atoms with E-state index in [2.05, 4.69) is 15.1 Å². The molecule has 0 aromatic carbocycles. The monoisotopic (exact) mass is 235 g/mol. The molecule has 3 heteroatoms. The highest BCUT2D eigenvalue weighted by Gasteiger charge is 2.42. The van der Waals surface area contributed by atoms with Gasteiger partial charge in [-0.05, 0) is 51.6 Å². The first kappa shape index (κ1) is 10.8. The number of hydrogen-bond acceptors (Lipinski definition) is 3. The molecule has 4 heterocycles. The van der Waals surface area contributed by atoms with Crippen LogP contribution in [0.2, 0.25) is 0 Å². The second-order valence-electron chi connectivity index (χ2n) is 6.45. The largest absolute Gasteiger partial charge is 0.308 e. The second kappa shape index (κ2) is 4.22. The van der Waals surface area contributed by atoms with Gasteiger partial charge in [0, 0.05) is 37.3 Å². The average molecular weight is 235 g/mol. The Kier molecular flexibility index (Phi) is 2.67. The first-order valence-electron chi connectivity index (χ1n) is 7.66. The van der Waals surface area contributed by atoms with E-state index in [1.165, 1.54) is 64.7 Å². The average Bonchev–Trinajstić information content (AvgIpc) is 3.03. The predicted octanol–water partition coefficient (Wildman–Crippen LogP) is 1.05. The van der Waals surface area contributed by atoms with Gasteiger partial charge in [-0.15, -0.1) is 0 Å². The fourth-order valence-electron chi connectivity index (χ4n) is 4.83. The van der Waals surface area contributed by atoms with Crippen LogP contribution >= 0.6 is 0 Å². The van der Waals surface area contributed by atoms with Crippen LogP contribution < -0.4 is 5.32 Å². The van der Waals surface area contributed by atoms with Crippen molar-refractivity contribution in [1.82, 2.24) is 15.1 Å². The predicted molar refractivity (Wildman–Crippen MR) is 69.1 cm³/mol. The fourth-order valence-corrected chi connectivity index (χ4v) is 4.83. The van der Waals surface area contributed by atoms with Gasteiger partial charge in [0.15, 0.2) is 0 Å². The van der Waals surface area contributed by atoms with Crippen molar-refractivity contribution in [2.24, 2.45) is 0 Å². The minimum Gasteiger partial charge on any atom is -0.308 e. The highest BCUT2D eigenvalue weighted by Crippen LogP contribution is 2.32.